The van der Waals surface area contributed by atoms with Gasteiger partial charge in [-0.3, -0.25) is 4.57 Å². The molecule has 0 bridgehead atoms. The molecule has 0 aliphatic carbocycles. The zero-order valence-electron chi connectivity index (χ0n) is 10.9. The van der Waals surface area contributed by atoms with Crippen LogP contribution in [0.15, 0.2) is 36.5 Å². The van der Waals surface area contributed by atoms with Gasteiger partial charge in [0.25, 0.3) is 0 Å². The topological polar surface area (TPSA) is 54.5 Å². The van der Waals surface area contributed by atoms with Crippen LogP contribution in [0.3, 0.4) is 0 Å². The van der Waals surface area contributed by atoms with Gasteiger partial charge in [0, 0.05) is 18.5 Å². The van der Waals surface area contributed by atoms with Crippen LogP contribution in [0.2, 0.25) is 0 Å². The lowest BCUT2D eigenvalue weighted by atomic mass is 10.2. The van der Waals surface area contributed by atoms with Crippen molar-refractivity contribution in [3.8, 4) is 11.8 Å². The van der Waals surface area contributed by atoms with E-state index in [1.165, 1.54) is 12.1 Å². The lowest BCUT2D eigenvalue weighted by Crippen LogP contribution is -2.05. The SMILES string of the molecule is N#Cc1cc(F)ccc1-n1c(CCCl)nc2cccnc21. The Morgan fingerprint density at radius 1 is 1.33 bits per heavy atom. The molecular formula is C15H10ClFN4. The fraction of sp³-hybridized carbons (Fsp3) is 0.133. The number of aryl methyl sites for hydroxylation is 1. The van der Waals surface area contributed by atoms with Crippen molar-refractivity contribution in [1.29, 1.82) is 5.26 Å². The molecule has 0 unspecified atom stereocenters. The Labute approximate surface area is 125 Å². The number of imidazole rings is 1. The molecule has 0 atom stereocenters. The molecule has 2 heterocycles. The molecule has 2 aromatic heterocycles. The molecule has 0 amide bonds. The Bertz CT molecular complexity index is 850. The summed E-state index contributed by atoms with van der Waals surface area (Å²) in [5.74, 6) is 0.639. The monoisotopic (exact) mass is 300 g/mol. The molecular weight excluding hydrogens is 291 g/mol. The first-order valence-electron chi connectivity index (χ1n) is 6.33. The third kappa shape index (κ3) is 2.34. The minimum Gasteiger partial charge on any atom is -0.279 e. The van der Waals surface area contributed by atoms with Crippen molar-refractivity contribution < 1.29 is 4.39 Å². The van der Waals surface area contributed by atoms with E-state index >= 15 is 0 Å². The third-order valence-electron chi connectivity index (χ3n) is 3.12. The van der Waals surface area contributed by atoms with Gasteiger partial charge in [0.05, 0.1) is 11.3 Å². The first-order chi connectivity index (χ1) is 10.2. The van der Waals surface area contributed by atoms with E-state index in [1.54, 1.807) is 22.9 Å². The van der Waals surface area contributed by atoms with Crippen LogP contribution in [-0.4, -0.2) is 20.4 Å². The smallest absolute Gasteiger partial charge is 0.164 e. The number of alkyl halides is 1. The van der Waals surface area contributed by atoms with Gasteiger partial charge in [0.15, 0.2) is 5.65 Å². The summed E-state index contributed by atoms with van der Waals surface area (Å²) in [5, 5.41) is 9.24. The summed E-state index contributed by atoms with van der Waals surface area (Å²) in [7, 11) is 0. The van der Waals surface area contributed by atoms with Gasteiger partial charge in [0.2, 0.25) is 0 Å². The molecule has 3 aromatic rings. The van der Waals surface area contributed by atoms with Crippen LogP contribution in [0.1, 0.15) is 11.4 Å². The zero-order chi connectivity index (χ0) is 14.8. The average molecular weight is 301 g/mol. The molecule has 0 N–H and O–H groups in total. The molecule has 6 heteroatoms. The van der Waals surface area contributed by atoms with Crippen molar-refractivity contribution in [3.05, 3.63) is 53.7 Å². The minimum absolute atomic E-state index is 0.232. The molecule has 0 radical (unpaired) electrons. The Hall–Kier alpha value is -2.45. The number of hydrogen-bond donors (Lipinski definition) is 0. The van der Waals surface area contributed by atoms with Crippen LogP contribution >= 0.6 is 11.6 Å². The first kappa shape index (κ1) is 13.5. The molecule has 104 valence electrons. The van der Waals surface area contributed by atoms with Crippen molar-refractivity contribution >= 4 is 22.8 Å². The quantitative estimate of drug-likeness (QED) is 0.698. The fourth-order valence-corrected chi connectivity index (χ4v) is 2.43. The molecule has 0 saturated carbocycles. The number of fused-ring (bicyclic) bond motifs is 1. The Kier molecular flexibility index (Phi) is 3.55. The normalized spacial score (nSPS) is 10.7. The Balaban J connectivity index is 2.33. The molecule has 3 rings (SSSR count). The number of rotatable bonds is 3. The Morgan fingerprint density at radius 2 is 2.19 bits per heavy atom. The van der Waals surface area contributed by atoms with Gasteiger partial charge in [0.1, 0.15) is 23.2 Å². The summed E-state index contributed by atoms with van der Waals surface area (Å²) in [6.45, 7) is 0. The van der Waals surface area contributed by atoms with E-state index in [0.29, 0.717) is 35.0 Å². The van der Waals surface area contributed by atoms with E-state index in [4.69, 9.17) is 11.6 Å². The standard InChI is InChI=1S/C15H10ClFN4/c16-6-5-14-20-12-2-1-7-19-15(12)21(14)13-4-3-11(17)8-10(13)9-18/h1-4,7-8H,5-6H2. The fourth-order valence-electron chi connectivity index (χ4n) is 2.26. The molecule has 0 aliphatic rings. The van der Waals surface area contributed by atoms with Gasteiger partial charge in [-0.2, -0.15) is 5.26 Å². The highest BCUT2D eigenvalue weighted by atomic mass is 35.5. The van der Waals surface area contributed by atoms with Crippen LogP contribution in [0.5, 0.6) is 0 Å². The maximum atomic E-state index is 13.3. The molecule has 0 spiro atoms. The van der Waals surface area contributed by atoms with E-state index in [0.717, 1.165) is 0 Å². The van der Waals surface area contributed by atoms with Crippen molar-refractivity contribution in [2.75, 3.05) is 5.88 Å². The largest absolute Gasteiger partial charge is 0.279 e. The molecule has 0 saturated heterocycles. The number of aromatic nitrogens is 3. The highest BCUT2D eigenvalue weighted by Gasteiger charge is 2.16. The van der Waals surface area contributed by atoms with Crippen molar-refractivity contribution in [2.45, 2.75) is 6.42 Å². The summed E-state index contributed by atoms with van der Waals surface area (Å²) in [4.78, 5) is 8.80. The predicted molar refractivity (Wildman–Crippen MR) is 78.0 cm³/mol. The van der Waals surface area contributed by atoms with E-state index in [-0.39, 0.29) is 5.56 Å². The lowest BCUT2D eigenvalue weighted by Gasteiger charge is -2.09. The summed E-state index contributed by atoms with van der Waals surface area (Å²) in [6, 6.07) is 9.72. The van der Waals surface area contributed by atoms with E-state index < -0.39 is 5.82 Å². The second-order valence-corrected chi connectivity index (χ2v) is 4.80. The van der Waals surface area contributed by atoms with Gasteiger partial charge < -0.3 is 0 Å². The zero-order valence-corrected chi connectivity index (χ0v) is 11.7. The Morgan fingerprint density at radius 3 is 2.95 bits per heavy atom. The van der Waals surface area contributed by atoms with Crippen molar-refractivity contribution in [2.24, 2.45) is 0 Å². The first-order valence-corrected chi connectivity index (χ1v) is 6.86. The number of hydrogen-bond acceptors (Lipinski definition) is 3. The highest BCUT2D eigenvalue weighted by Crippen LogP contribution is 2.23. The van der Waals surface area contributed by atoms with Crippen molar-refractivity contribution in [3.63, 3.8) is 0 Å². The number of nitrogens with zero attached hydrogens (tertiary/aromatic N) is 4. The number of nitriles is 1. The molecule has 0 fully saturated rings. The number of pyridine rings is 1. The minimum atomic E-state index is -0.452. The van der Waals surface area contributed by atoms with Gasteiger partial charge in [-0.15, -0.1) is 11.6 Å². The average Bonchev–Trinajstić information content (AvgIpc) is 2.85. The van der Waals surface area contributed by atoms with E-state index in [2.05, 4.69) is 9.97 Å². The van der Waals surface area contributed by atoms with Gasteiger partial charge in [-0.25, -0.2) is 14.4 Å². The lowest BCUT2D eigenvalue weighted by molar-refractivity contribution is 0.626. The second-order valence-electron chi connectivity index (χ2n) is 4.42. The van der Waals surface area contributed by atoms with Gasteiger partial charge in [-0.05, 0) is 30.3 Å². The van der Waals surface area contributed by atoms with Crippen molar-refractivity contribution in [1.82, 2.24) is 14.5 Å². The highest BCUT2D eigenvalue weighted by molar-refractivity contribution is 6.17. The van der Waals surface area contributed by atoms with E-state index in [1.807, 2.05) is 12.1 Å². The molecule has 4 nitrogen and oxygen atoms in total. The van der Waals surface area contributed by atoms with Crippen LogP contribution in [0, 0.1) is 17.1 Å². The summed E-state index contributed by atoms with van der Waals surface area (Å²) < 4.78 is 15.1. The third-order valence-corrected chi connectivity index (χ3v) is 3.31. The van der Waals surface area contributed by atoms with Crippen LogP contribution in [0.4, 0.5) is 4.39 Å². The number of benzene rings is 1. The van der Waals surface area contributed by atoms with Crippen LogP contribution in [-0.2, 0) is 6.42 Å². The maximum absolute atomic E-state index is 13.3. The summed E-state index contributed by atoms with van der Waals surface area (Å²) in [6.07, 6.45) is 2.18. The molecule has 0 aliphatic heterocycles. The second kappa shape index (κ2) is 5.51. The molecule has 21 heavy (non-hydrogen) atoms. The van der Waals surface area contributed by atoms with Gasteiger partial charge >= 0.3 is 0 Å². The summed E-state index contributed by atoms with van der Waals surface area (Å²) in [5.41, 5.74) is 2.13. The maximum Gasteiger partial charge on any atom is 0.164 e. The van der Waals surface area contributed by atoms with Crippen LogP contribution in [0.25, 0.3) is 16.9 Å². The van der Waals surface area contributed by atoms with E-state index in [9.17, 15) is 9.65 Å². The summed E-state index contributed by atoms with van der Waals surface area (Å²) >= 11 is 5.82. The molecule has 1 aromatic carbocycles. The van der Waals surface area contributed by atoms with Gasteiger partial charge in [-0.1, -0.05) is 0 Å². The number of halogens is 2. The predicted octanol–water partition coefficient (Wildman–Crippen LogP) is 3.21. The van der Waals surface area contributed by atoms with Crippen LogP contribution < -0.4 is 0 Å².